The van der Waals surface area contributed by atoms with Crippen LogP contribution in [-0.4, -0.2) is 0 Å². The van der Waals surface area contributed by atoms with Crippen LogP contribution in [0.15, 0.2) is 36.5 Å². The van der Waals surface area contributed by atoms with Crippen molar-refractivity contribution in [2.45, 2.75) is 13.3 Å². The van der Waals surface area contributed by atoms with Crippen LogP contribution in [0.2, 0.25) is 0 Å². The van der Waals surface area contributed by atoms with E-state index in [4.69, 9.17) is 5.73 Å². The van der Waals surface area contributed by atoms with Crippen molar-refractivity contribution in [1.29, 1.82) is 0 Å². The molecule has 0 radical (unpaired) electrons. The number of rotatable bonds is 2. The van der Waals surface area contributed by atoms with E-state index in [0.29, 0.717) is 5.70 Å². The van der Waals surface area contributed by atoms with Crippen LogP contribution in [0.4, 0.5) is 0 Å². The standard InChI is InChI=1S/C10H13N/c1-8-3-5-10(6-4-8)7-9(2)11/h3-6H,2,7,11H2,1H3. The summed E-state index contributed by atoms with van der Waals surface area (Å²) >= 11 is 0. The van der Waals surface area contributed by atoms with Gasteiger partial charge in [-0.3, -0.25) is 0 Å². The molecule has 0 amide bonds. The van der Waals surface area contributed by atoms with E-state index in [-0.39, 0.29) is 0 Å². The van der Waals surface area contributed by atoms with Crippen molar-refractivity contribution in [3.05, 3.63) is 47.7 Å². The molecule has 0 saturated heterocycles. The number of nitrogens with two attached hydrogens (primary N) is 1. The molecule has 1 rings (SSSR count). The maximum Gasteiger partial charge on any atom is 0.0115 e. The van der Waals surface area contributed by atoms with Crippen LogP contribution in [0.1, 0.15) is 11.1 Å². The SMILES string of the molecule is C=C(N)Cc1ccc(C)cc1. The average Bonchev–Trinajstić information content (AvgIpc) is 1.93. The Balaban J connectivity index is 2.74. The van der Waals surface area contributed by atoms with Gasteiger partial charge in [-0.05, 0) is 12.5 Å². The minimum Gasteiger partial charge on any atom is -0.402 e. The van der Waals surface area contributed by atoms with Gasteiger partial charge >= 0.3 is 0 Å². The normalized spacial score (nSPS) is 9.55. The van der Waals surface area contributed by atoms with E-state index in [2.05, 4.69) is 37.8 Å². The van der Waals surface area contributed by atoms with E-state index in [1.54, 1.807) is 0 Å². The summed E-state index contributed by atoms with van der Waals surface area (Å²) in [7, 11) is 0. The fourth-order valence-electron chi connectivity index (χ4n) is 0.968. The summed E-state index contributed by atoms with van der Waals surface area (Å²) < 4.78 is 0. The first-order chi connectivity index (χ1) is 5.18. The van der Waals surface area contributed by atoms with Gasteiger partial charge in [0.15, 0.2) is 0 Å². The molecule has 1 nitrogen and oxygen atoms in total. The van der Waals surface area contributed by atoms with Crippen LogP contribution in [0.3, 0.4) is 0 Å². The molecule has 58 valence electrons. The topological polar surface area (TPSA) is 26.0 Å². The molecule has 0 aromatic heterocycles. The van der Waals surface area contributed by atoms with Crippen molar-refractivity contribution < 1.29 is 0 Å². The summed E-state index contributed by atoms with van der Waals surface area (Å²) in [5, 5.41) is 0. The lowest BCUT2D eigenvalue weighted by molar-refractivity contribution is 1.12. The Labute approximate surface area is 67.5 Å². The molecule has 0 aliphatic heterocycles. The molecular formula is C10H13N. The summed E-state index contributed by atoms with van der Waals surface area (Å²) in [6.45, 7) is 5.72. The zero-order chi connectivity index (χ0) is 8.27. The number of hydrogen-bond acceptors (Lipinski definition) is 1. The molecule has 0 spiro atoms. The highest BCUT2D eigenvalue weighted by Crippen LogP contribution is 2.05. The van der Waals surface area contributed by atoms with Gasteiger partial charge in [0.05, 0.1) is 0 Å². The fourth-order valence-corrected chi connectivity index (χ4v) is 0.968. The van der Waals surface area contributed by atoms with Crippen molar-refractivity contribution in [3.8, 4) is 0 Å². The Morgan fingerprint density at radius 1 is 1.36 bits per heavy atom. The van der Waals surface area contributed by atoms with E-state index in [0.717, 1.165) is 6.42 Å². The summed E-state index contributed by atoms with van der Waals surface area (Å²) in [6.07, 6.45) is 0.778. The van der Waals surface area contributed by atoms with Gasteiger partial charge in [-0.1, -0.05) is 36.4 Å². The zero-order valence-corrected chi connectivity index (χ0v) is 6.80. The second-order valence-electron chi connectivity index (χ2n) is 2.82. The summed E-state index contributed by atoms with van der Waals surface area (Å²) in [5.74, 6) is 0. The Hall–Kier alpha value is -1.24. The molecular weight excluding hydrogens is 134 g/mol. The highest BCUT2D eigenvalue weighted by Gasteiger charge is 1.91. The number of allylic oxidation sites excluding steroid dienone is 1. The Morgan fingerprint density at radius 2 is 1.91 bits per heavy atom. The van der Waals surface area contributed by atoms with Gasteiger partial charge in [-0.15, -0.1) is 0 Å². The zero-order valence-electron chi connectivity index (χ0n) is 6.80. The fraction of sp³-hybridized carbons (Fsp3) is 0.200. The number of benzene rings is 1. The van der Waals surface area contributed by atoms with Gasteiger partial charge in [0.2, 0.25) is 0 Å². The third-order valence-corrected chi connectivity index (χ3v) is 1.55. The van der Waals surface area contributed by atoms with E-state index in [1.165, 1.54) is 11.1 Å². The Bertz CT molecular complexity index is 246. The molecule has 0 saturated carbocycles. The van der Waals surface area contributed by atoms with Crippen LogP contribution < -0.4 is 5.73 Å². The first-order valence-electron chi connectivity index (χ1n) is 3.67. The highest BCUT2D eigenvalue weighted by atomic mass is 14.6. The highest BCUT2D eigenvalue weighted by molar-refractivity contribution is 5.24. The summed E-state index contributed by atoms with van der Waals surface area (Å²) in [5.41, 5.74) is 8.68. The van der Waals surface area contributed by atoms with E-state index >= 15 is 0 Å². The first kappa shape index (κ1) is 7.86. The molecule has 0 bridgehead atoms. The van der Waals surface area contributed by atoms with Gasteiger partial charge in [0.1, 0.15) is 0 Å². The van der Waals surface area contributed by atoms with E-state index < -0.39 is 0 Å². The van der Waals surface area contributed by atoms with Crippen molar-refractivity contribution >= 4 is 0 Å². The molecule has 0 aliphatic carbocycles. The molecule has 0 aliphatic rings. The lowest BCUT2D eigenvalue weighted by Crippen LogP contribution is -1.98. The first-order valence-corrected chi connectivity index (χ1v) is 3.67. The van der Waals surface area contributed by atoms with Crippen molar-refractivity contribution in [2.24, 2.45) is 5.73 Å². The summed E-state index contributed by atoms with van der Waals surface area (Å²) in [6, 6.07) is 8.32. The predicted molar refractivity (Wildman–Crippen MR) is 48.2 cm³/mol. The lowest BCUT2D eigenvalue weighted by atomic mass is 10.1. The Morgan fingerprint density at radius 3 is 2.36 bits per heavy atom. The monoisotopic (exact) mass is 147 g/mol. The van der Waals surface area contributed by atoms with Crippen LogP contribution in [0, 0.1) is 6.92 Å². The quantitative estimate of drug-likeness (QED) is 0.680. The van der Waals surface area contributed by atoms with Gasteiger partial charge in [-0.25, -0.2) is 0 Å². The van der Waals surface area contributed by atoms with E-state index in [1.807, 2.05) is 0 Å². The minimum absolute atomic E-state index is 0.717. The second-order valence-corrected chi connectivity index (χ2v) is 2.82. The second kappa shape index (κ2) is 3.24. The maximum atomic E-state index is 5.47. The van der Waals surface area contributed by atoms with Crippen LogP contribution in [-0.2, 0) is 6.42 Å². The molecule has 0 unspecified atom stereocenters. The van der Waals surface area contributed by atoms with Crippen molar-refractivity contribution in [3.63, 3.8) is 0 Å². The van der Waals surface area contributed by atoms with Crippen molar-refractivity contribution in [1.82, 2.24) is 0 Å². The van der Waals surface area contributed by atoms with Gasteiger partial charge < -0.3 is 5.73 Å². The number of hydrogen-bond donors (Lipinski definition) is 1. The van der Waals surface area contributed by atoms with E-state index in [9.17, 15) is 0 Å². The maximum absolute atomic E-state index is 5.47. The third kappa shape index (κ3) is 2.46. The number of aryl methyl sites for hydroxylation is 1. The Kier molecular flexibility index (Phi) is 2.32. The smallest absolute Gasteiger partial charge is 0.0115 e. The predicted octanol–water partition coefficient (Wildman–Crippen LogP) is 2.01. The van der Waals surface area contributed by atoms with Crippen LogP contribution in [0.5, 0.6) is 0 Å². The summed E-state index contributed by atoms with van der Waals surface area (Å²) in [4.78, 5) is 0. The molecule has 2 N–H and O–H groups in total. The third-order valence-electron chi connectivity index (χ3n) is 1.55. The van der Waals surface area contributed by atoms with Crippen LogP contribution in [0.25, 0.3) is 0 Å². The van der Waals surface area contributed by atoms with Gasteiger partial charge in [0, 0.05) is 12.1 Å². The molecule has 11 heavy (non-hydrogen) atoms. The lowest BCUT2D eigenvalue weighted by Gasteiger charge is -1.99. The minimum atomic E-state index is 0.717. The van der Waals surface area contributed by atoms with Gasteiger partial charge in [-0.2, -0.15) is 0 Å². The molecule has 1 aromatic rings. The molecule has 0 atom stereocenters. The molecule has 0 heterocycles. The van der Waals surface area contributed by atoms with Gasteiger partial charge in [0.25, 0.3) is 0 Å². The molecule has 0 fully saturated rings. The van der Waals surface area contributed by atoms with Crippen molar-refractivity contribution in [2.75, 3.05) is 0 Å². The largest absolute Gasteiger partial charge is 0.402 e. The molecule has 1 heteroatoms. The van der Waals surface area contributed by atoms with Crippen LogP contribution >= 0.6 is 0 Å². The molecule has 1 aromatic carbocycles. The average molecular weight is 147 g/mol.